The average molecular weight is 263 g/mol. The quantitative estimate of drug-likeness (QED) is 0.799. The molecule has 1 aromatic rings. The molecule has 0 unspecified atom stereocenters. The summed E-state index contributed by atoms with van der Waals surface area (Å²) in [6.45, 7) is 6.45. The molecule has 0 radical (unpaired) electrons. The van der Waals surface area contributed by atoms with Crippen molar-refractivity contribution in [3.05, 3.63) is 29.3 Å². The van der Waals surface area contributed by atoms with Gasteiger partial charge in [0, 0.05) is 24.3 Å². The van der Waals surface area contributed by atoms with Gasteiger partial charge in [0.15, 0.2) is 0 Å². The second-order valence-corrected chi connectivity index (χ2v) is 5.17. The van der Waals surface area contributed by atoms with Gasteiger partial charge in [-0.2, -0.15) is 0 Å². The van der Waals surface area contributed by atoms with E-state index in [0.29, 0.717) is 11.3 Å². The summed E-state index contributed by atoms with van der Waals surface area (Å²) in [5, 5.41) is 0. The molecule has 1 rings (SSSR count). The summed E-state index contributed by atoms with van der Waals surface area (Å²) in [6, 6.07) is 5.52. The highest BCUT2D eigenvalue weighted by Gasteiger charge is 2.14. The van der Waals surface area contributed by atoms with E-state index in [1.165, 1.54) is 0 Å². The van der Waals surface area contributed by atoms with E-state index in [1.807, 2.05) is 45.0 Å². The molecule has 106 valence electrons. The number of benzene rings is 1. The fraction of sp³-hybridized carbons (Fsp3) is 0.533. The van der Waals surface area contributed by atoms with E-state index >= 15 is 0 Å². The minimum absolute atomic E-state index is 0.0663. The van der Waals surface area contributed by atoms with Crippen molar-refractivity contribution in [3.8, 4) is 0 Å². The maximum atomic E-state index is 12.4. The third-order valence-electron chi connectivity index (χ3n) is 3.05. The van der Waals surface area contributed by atoms with Gasteiger partial charge in [-0.15, -0.1) is 0 Å². The fourth-order valence-electron chi connectivity index (χ4n) is 2.10. The number of anilines is 1. The molecule has 0 spiro atoms. The van der Waals surface area contributed by atoms with Crippen LogP contribution in [-0.2, 0) is 0 Å². The van der Waals surface area contributed by atoms with Gasteiger partial charge in [-0.05, 0) is 64.7 Å². The van der Waals surface area contributed by atoms with E-state index in [-0.39, 0.29) is 5.91 Å². The van der Waals surface area contributed by atoms with Crippen LogP contribution in [0.15, 0.2) is 18.2 Å². The lowest BCUT2D eigenvalue weighted by atomic mass is 10.1. The standard InChI is InChI=1S/C15H25N3O/c1-5-18(8-6-7-17(3)4)15(19)13-9-12(2)10-14(16)11-13/h9-11H,5-8,16H2,1-4H3. The summed E-state index contributed by atoms with van der Waals surface area (Å²) in [4.78, 5) is 16.4. The molecule has 4 heteroatoms. The lowest BCUT2D eigenvalue weighted by molar-refractivity contribution is 0.0759. The van der Waals surface area contributed by atoms with Crippen LogP contribution >= 0.6 is 0 Å². The minimum atomic E-state index is 0.0663. The normalized spacial score (nSPS) is 10.8. The third-order valence-corrected chi connectivity index (χ3v) is 3.05. The summed E-state index contributed by atoms with van der Waals surface area (Å²) in [5.74, 6) is 0.0663. The van der Waals surface area contributed by atoms with Crippen molar-refractivity contribution in [1.82, 2.24) is 9.80 Å². The van der Waals surface area contributed by atoms with Crippen molar-refractivity contribution in [3.63, 3.8) is 0 Å². The van der Waals surface area contributed by atoms with Gasteiger partial charge >= 0.3 is 0 Å². The largest absolute Gasteiger partial charge is 0.399 e. The summed E-state index contributed by atoms with van der Waals surface area (Å²) in [5.41, 5.74) is 8.15. The molecule has 0 aliphatic carbocycles. The Kier molecular flexibility index (Phi) is 5.83. The summed E-state index contributed by atoms with van der Waals surface area (Å²) >= 11 is 0. The monoisotopic (exact) mass is 263 g/mol. The highest BCUT2D eigenvalue weighted by atomic mass is 16.2. The molecule has 19 heavy (non-hydrogen) atoms. The van der Waals surface area contributed by atoms with Crippen molar-refractivity contribution < 1.29 is 4.79 Å². The zero-order chi connectivity index (χ0) is 14.4. The Morgan fingerprint density at radius 1 is 1.21 bits per heavy atom. The van der Waals surface area contributed by atoms with Crippen LogP contribution in [0, 0.1) is 6.92 Å². The van der Waals surface area contributed by atoms with Crippen LogP contribution in [0.2, 0.25) is 0 Å². The number of hydrogen-bond donors (Lipinski definition) is 1. The van der Waals surface area contributed by atoms with Crippen molar-refractivity contribution in [2.75, 3.05) is 39.5 Å². The number of rotatable bonds is 6. The van der Waals surface area contributed by atoms with Gasteiger partial charge < -0.3 is 15.5 Å². The maximum Gasteiger partial charge on any atom is 0.253 e. The number of hydrogen-bond acceptors (Lipinski definition) is 3. The summed E-state index contributed by atoms with van der Waals surface area (Å²) < 4.78 is 0. The van der Waals surface area contributed by atoms with Gasteiger partial charge in [0.05, 0.1) is 0 Å². The molecule has 0 saturated heterocycles. The van der Waals surface area contributed by atoms with Gasteiger partial charge in [-0.1, -0.05) is 0 Å². The molecule has 4 nitrogen and oxygen atoms in total. The second-order valence-electron chi connectivity index (χ2n) is 5.17. The van der Waals surface area contributed by atoms with E-state index in [9.17, 15) is 4.79 Å². The van der Waals surface area contributed by atoms with Gasteiger partial charge in [-0.3, -0.25) is 4.79 Å². The van der Waals surface area contributed by atoms with Gasteiger partial charge in [-0.25, -0.2) is 0 Å². The van der Waals surface area contributed by atoms with Crippen molar-refractivity contribution in [1.29, 1.82) is 0 Å². The molecule has 1 amide bonds. The second kappa shape index (κ2) is 7.14. The lowest BCUT2D eigenvalue weighted by Crippen LogP contribution is -2.33. The van der Waals surface area contributed by atoms with Gasteiger partial charge in [0.2, 0.25) is 0 Å². The van der Waals surface area contributed by atoms with Gasteiger partial charge in [0.1, 0.15) is 0 Å². The zero-order valence-corrected chi connectivity index (χ0v) is 12.4. The Hall–Kier alpha value is -1.55. The van der Waals surface area contributed by atoms with Crippen LogP contribution < -0.4 is 5.73 Å². The van der Waals surface area contributed by atoms with E-state index in [0.717, 1.165) is 31.6 Å². The Balaban J connectivity index is 2.72. The first-order valence-electron chi connectivity index (χ1n) is 6.75. The fourth-order valence-corrected chi connectivity index (χ4v) is 2.10. The minimum Gasteiger partial charge on any atom is -0.399 e. The van der Waals surface area contributed by atoms with Crippen LogP contribution in [0.3, 0.4) is 0 Å². The average Bonchev–Trinajstić information content (AvgIpc) is 2.32. The first kappa shape index (κ1) is 15.5. The third kappa shape index (κ3) is 4.91. The molecule has 0 aliphatic rings. The van der Waals surface area contributed by atoms with Crippen molar-refractivity contribution in [2.45, 2.75) is 20.3 Å². The smallest absolute Gasteiger partial charge is 0.253 e. The number of amides is 1. The highest BCUT2D eigenvalue weighted by molar-refractivity contribution is 5.95. The Morgan fingerprint density at radius 2 is 1.89 bits per heavy atom. The Bertz CT molecular complexity index is 409. The molecule has 0 aliphatic heterocycles. The summed E-state index contributed by atoms with van der Waals surface area (Å²) in [7, 11) is 4.08. The number of aryl methyl sites for hydroxylation is 1. The summed E-state index contributed by atoms with van der Waals surface area (Å²) in [6.07, 6.45) is 0.980. The first-order chi connectivity index (χ1) is 8.93. The number of carbonyl (C=O) groups is 1. The number of carbonyl (C=O) groups excluding carboxylic acids is 1. The van der Waals surface area contributed by atoms with Gasteiger partial charge in [0.25, 0.3) is 5.91 Å². The molecule has 0 atom stereocenters. The van der Waals surface area contributed by atoms with Crippen LogP contribution in [-0.4, -0.2) is 49.4 Å². The van der Waals surface area contributed by atoms with Crippen LogP contribution in [0.4, 0.5) is 5.69 Å². The molecule has 1 aromatic carbocycles. The van der Waals surface area contributed by atoms with Crippen LogP contribution in [0.25, 0.3) is 0 Å². The molecular formula is C15H25N3O. The van der Waals surface area contributed by atoms with E-state index < -0.39 is 0 Å². The van der Waals surface area contributed by atoms with Crippen LogP contribution in [0.1, 0.15) is 29.3 Å². The van der Waals surface area contributed by atoms with Crippen LogP contribution in [0.5, 0.6) is 0 Å². The van der Waals surface area contributed by atoms with E-state index in [1.54, 1.807) is 6.07 Å². The van der Waals surface area contributed by atoms with Crippen molar-refractivity contribution >= 4 is 11.6 Å². The Morgan fingerprint density at radius 3 is 2.42 bits per heavy atom. The molecule has 0 saturated carbocycles. The molecule has 0 heterocycles. The molecular weight excluding hydrogens is 238 g/mol. The first-order valence-corrected chi connectivity index (χ1v) is 6.75. The Labute approximate surface area is 116 Å². The topological polar surface area (TPSA) is 49.6 Å². The highest BCUT2D eigenvalue weighted by Crippen LogP contribution is 2.13. The molecule has 0 bridgehead atoms. The molecule has 0 aromatic heterocycles. The maximum absolute atomic E-state index is 12.4. The zero-order valence-electron chi connectivity index (χ0n) is 12.4. The molecule has 2 N–H and O–H groups in total. The van der Waals surface area contributed by atoms with E-state index in [4.69, 9.17) is 5.73 Å². The number of nitrogen functional groups attached to an aromatic ring is 1. The number of nitrogens with two attached hydrogens (primary N) is 1. The SMILES string of the molecule is CCN(CCCN(C)C)C(=O)c1cc(C)cc(N)c1. The molecule has 0 fully saturated rings. The number of nitrogens with zero attached hydrogens (tertiary/aromatic N) is 2. The predicted octanol–water partition coefficient (Wildman–Crippen LogP) is 1.99. The van der Waals surface area contributed by atoms with Crippen molar-refractivity contribution in [2.24, 2.45) is 0 Å². The predicted molar refractivity (Wildman–Crippen MR) is 80.3 cm³/mol. The lowest BCUT2D eigenvalue weighted by Gasteiger charge is -2.22. The van der Waals surface area contributed by atoms with E-state index in [2.05, 4.69) is 4.90 Å².